The zero-order valence-electron chi connectivity index (χ0n) is 19.8. The smallest absolute Gasteiger partial charge is 0.291 e. The van der Waals surface area contributed by atoms with E-state index in [4.69, 9.17) is 21.1 Å². The number of nitrogens with zero attached hydrogens (tertiary/aromatic N) is 4. The molecule has 192 valence electrons. The van der Waals surface area contributed by atoms with Gasteiger partial charge in [-0.25, -0.2) is 27.3 Å². The van der Waals surface area contributed by atoms with E-state index in [0.717, 1.165) is 0 Å². The molecule has 0 unspecified atom stereocenters. The molecule has 1 aliphatic heterocycles. The number of nitrogens with one attached hydrogen (secondary N) is 1. The SMILES string of the molecule is Cc1c(Oc2ncc(Cl)cc2OCC2(F)CC2)ccc2nc(C(=O)NC3(C)CCS(=O)(=O)CC3)nn12. The lowest BCUT2D eigenvalue weighted by Crippen LogP contribution is -2.51. The van der Waals surface area contributed by atoms with Crippen molar-refractivity contribution >= 4 is 33.0 Å². The minimum atomic E-state index is -3.07. The maximum atomic E-state index is 14.1. The molecule has 36 heavy (non-hydrogen) atoms. The van der Waals surface area contributed by atoms with Crippen LogP contribution in [-0.4, -0.2) is 63.2 Å². The third-order valence-electron chi connectivity index (χ3n) is 6.51. The van der Waals surface area contributed by atoms with Gasteiger partial charge in [0.15, 0.2) is 17.1 Å². The number of carbonyl (C=O) groups excluding carboxylic acids is 1. The Hall–Kier alpha value is -2.99. The average molecular weight is 538 g/mol. The Labute approximate surface area is 212 Å². The number of aromatic nitrogens is 4. The molecule has 5 rings (SSSR count). The Balaban J connectivity index is 1.35. The molecule has 1 N–H and O–H groups in total. The Bertz CT molecular complexity index is 1440. The van der Waals surface area contributed by atoms with Crippen molar-refractivity contribution in [3.05, 3.63) is 40.9 Å². The van der Waals surface area contributed by atoms with E-state index in [-0.39, 0.29) is 35.6 Å². The van der Waals surface area contributed by atoms with Gasteiger partial charge in [0.25, 0.3) is 11.8 Å². The summed E-state index contributed by atoms with van der Waals surface area (Å²) in [6.45, 7) is 3.44. The Morgan fingerprint density at radius 2 is 1.94 bits per heavy atom. The van der Waals surface area contributed by atoms with E-state index in [9.17, 15) is 17.6 Å². The summed E-state index contributed by atoms with van der Waals surface area (Å²) < 4.78 is 50.6. The van der Waals surface area contributed by atoms with Crippen molar-refractivity contribution in [3.63, 3.8) is 0 Å². The molecule has 13 heteroatoms. The number of sulfone groups is 1. The topological polar surface area (TPSA) is 125 Å². The van der Waals surface area contributed by atoms with Crippen LogP contribution in [-0.2, 0) is 9.84 Å². The number of pyridine rings is 2. The highest BCUT2D eigenvalue weighted by Gasteiger charge is 2.44. The van der Waals surface area contributed by atoms with Crippen LogP contribution in [0.5, 0.6) is 17.4 Å². The fourth-order valence-corrected chi connectivity index (χ4v) is 5.76. The van der Waals surface area contributed by atoms with Gasteiger partial charge in [-0.1, -0.05) is 11.6 Å². The summed E-state index contributed by atoms with van der Waals surface area (Å²) in [6.07, 6.45) is 2.96. The molecule has 0 radical (unpaired) electrons. The standard InChI is InChI=1S/C23H25ClFN5O5S/c1-14-16(35-21-17(11-15(24)12-26-21)34-13-23(25)5-6-23)3-4-18-27-19(29-30(14)18)20(31)28-22(2)7-9-36(32,33)10-8-22/h3-4,11-12H,5-10,13H2,1-2H3,(H,28,31). The molecule has 0 spiro atoms. The van der Waals surface area contributed by atoms with Crippen molar-refractivity contribution in [2.45, 2.75) is 50.7 Å². The van der Waals surface area contributed by atoms with Gasteiger partial charge in [-0.3, -0.25) is 4.79 Å². The summed E-state index contributed by atoms with van der Waals surface area (Å²) >= 11 is 6.04. The van der Waals surface area contributed by atoms with Crippen LogP contribution in [0.1, 0.15) is 48.9 Å². The summed E-state index contributed by atoms with van der Waals surface area (Å²) in [6, 6.07) is 4.81. The number of hydrogen-bond acceptors (Lipinski definition) is 8. The van der Waals surface area contributed by atoms with Gasteiger partial charge in [-0.15, -0.1) is 5.10 Å². The van der Waals surface area contributed by atoms with Crippen LogP contribution in [0.15, 0.2) is 24.4 Å². The first-order chi connectivity index (χ1) is 16.9. The second-order valence-electron chi connectivity index (χ2n) is 9.65. The molecule has 0 bridgehead atoms. The number of halogens is 2. The van der Waals surface area contributed by atoms with Crippen LogP contribution in [0.2, 0.25) is 5.02 Å². The van der Waals surface area contributed by atoms with E-state index in [1.165, 1.54) is 16.8 Å². The van der Waals surface area contributed by atoms with Gasteiger partial charge in [-0.05, 0) is 51.7 Å². The van der Waals surface area contributed by atoms with Crippen molar-refractivity contribution in [1.29, 1.82) is 0 Å². The summed E-state index contributed by atoms with van der Waals surface area (Å²) in [5.74, 6) is 0.230. The summed E-state index contributed by atoms with van der Waals surface area (Å²) in [5.41, 5.74) is -1.01. The Kier molecular flexibility index (Phi) is 6.06. The minimum absolute atomic E-state index is 0.0267. The van der Waals surface area contributed by atoms with Crippen molar-refractivity contribution in [2.75, 3.05) is 18.1 Å². The lowest BCUT2D eigenvalue weighted by Gasteiger charge is -2.33. The largest absolute Gasteiger partial charge is 0.485 e. The Morgan fingerprint density at radius 1 is 1.22 bits per heavy atom. The lowest BCUT2D eigenvalue weighted by atomic mass is 9.95. The number of amides is 1. The number of rotatable bonds is 7. The maximum absolute atomic E-state index is 14.1. The molecule has 10 nitrogen and oxygen atoms in total. The molecular weight excluding hydrogens is 513 g/mol. The molecule has 1 aliphatic carbocycles. The van der Waals surface area contributed by atoms with Crippen molar-refractivity contribution in [2.24, 2.45) is 0 Å². The highest BCUT2D eigenvalue weighted by Crippen LogP contribution is 2.41. The van der Waals surface area contributed by atoms with Gasteiger partial charge in [0.1, 0.15) is 22.1 Å². The molecule has 3 aromatic rings. The first kappa shape index (κ1) is 24.7. The number of alkyl halides is 1. The molecule has 2 aliphatic rings. The first-order valence-corrected chi connectivity index (χ1v) is 13.7. The number of carbonyl (C=O) groups is 1. The fourth-order valence-electron chi connectivity index (χ4n) is 3.88. The third-order valence-corrected chi connectivity index (χ3v) is 8.37. The summed E-state index contributed by atoms with van der Waals surface area (Å²) in [7, 11) is -3.07. The van der Waals surface area contributed by atoms with E-state index in [1.54, 1.807) is 19.1 Å². The number of hydrogen-bond donors (Lipinski definition) is 1. The van der Waals surface area contributed by atoms with E-state index >= 15 is 0 Å². The van der Waals surface area contributed by atoms with Gasteiger partial charge in [0.2, 0.25) is 5.82 Å². The highest BCUT2D eigenvalue weighted by atomic mass is 35.5. The summed E-state index contributed by atoms with van der Waals surface area (Å²) in [5, 5.41) is 7.54. The molecule has 1 amide bonds. The lowest BCUT2D eigenvalue weighted by molar-refractivity contribution is 0.0889. The second-order valence-corrected chi connectivity index (χ2v) is 12.4. The fraction of sp³-hybridized carbons (Fsp3) is 0.478. The van der Waals surface area contributed by atoms with Crippen molar-refractivity contribution < 1.29 is 27.1 Å². The van der Waals surface area contributed by atoms with Gasteiger partial charge < -0.3 is 14.8 Å². The van der Waals surface area contributed by atoms with Gasteiger partial charge in [0.05, 0.1) is 22.2 Å². The zero-order valence-corrected chi connectivity index (χ0v) is 21.3. The van der Waals surface area contributed by atoms with Gasteiger partial charge in [-0.2, -0.15) is 0 Å². The monoisotopic (exact) mass is 537 g/mol. The van der Waals surface area contributed by atoms with Crippen LogP contribution in [0, 0.1) is 6.92 Å². The normalized spacial score (nSPS) is 19.6. The quantitative estimate of drug-likeness (QED) is 0.486. The van der Waals surface area contributed by atoms with Crippen molar-refractivity contribution in [3.8, 4) is 17.4 Å². The third kappa shape index (κ3) is 5.24. The zero-order chi connectivity index (χ0) is 25.7. The molecule has 1 saturated carbocycles. The van der Waals surface area contributed by atoms with E-state index in [2.05, 4.69) is 20.4 Å². The van der Waals surface area contributed by atoms with Crippen molar-refractivity contribution in [1.82, 2.24) is 24.9 Å². The molecule has 3 aromatic heterocycles. The number of ether oxygens (including phenoxy) is 2. The molecule has 0 aromatic carbocycles. The number of aryl methyl sites for hydroxylation is 1. The van der Waals surface area contributed by atoms with Crippen LogP contribution in [0.4, 0.5) is 4.39 Å². The number of fused-ring (bicyclic) bond motifs is 1. The van der Waals surface area contributed by atoms with E-state index in [1.807, 2.05) is 6.92 Å². The van der Waals surface area contributed by atoms with Crippen LogP contribution < -0.4 is 14.8 Å². The Morgan fingerprint density at radius 3 is 2.64 bits per heavy atom. The molecular formula is C23H25ClFN5O5S. The van der Waals surface area contributed by atoms with Crippen LogP contribution in [0.25, 0.3) is 5.65 Å². The van der Waals surface area contributed by atoms with Gasteiger partial charge in [0, 0.05) is 17.8 Å². The predicted molar refractivity (Wildman–Crippen MR) is 129 cm³/mol. The summed E-state index contributed by atoms with van der Waals surface area (Å²) in [4.78, 5) is 21.4. The maximum Gasteiger partial charge on any atom is 0.291 e. The molecule has 2 fully saturated rings. The highest BCUT2D eigenvalue weighted by molar-refractivity contribution is 7.91. The molecule has 1 saturated heterocycles. The molecule has 4 heterocycles. The van der Waals surface area contributed by atoms with Crippen LogP contribution in [0.3, 0.4) is 0 Å². The van der Waals surface area contributed by atoms with Gasteiger partial charge >= 0.3 is 0 Å². The average Bonchev–Trinajstić information content (AvgIpc) is 3.39. The van der Waals surface area contributed by atoms with Crippen LogP contribution >= 0.6 is 11.6 Å². The van der Waals surface area contributed by atoms with E-state index < -0.39 is 27.0 Å². The minimum Gasteiger partial charge on any atom is -0.485 e. The van der Waals surface area contributed by atoms with E-state index in [0.29, 0.717) is 47.8 Å². The molecule has 0 atom stereocenters. The first-order valence-electron chi connectivity index (χ1n) is 11.5. The predicted octanol–water partition coefficient (Wildman–Crippen LogP) is 3.46. The second kappa shape index (κ2) is 8.84.